The van der Waals surface area contributed by atoms with Gasteiger partial charge < -0.3 is 9.15 Å². The predicted octanol–water partition coefficient (Wildman–Crippen LogP) is 17.4. The van der Waals surface area contributed by atoms with E-state index in [1.165, 1.54) is 111 Å². The van der Waals surface area contributed by atoms with Crippen LogP contribution in [-0.2, 0) is 17.3 Å². The fraction of sp³-hybridized carbons (Fsp3) is 0.212. The van der Waals surface area contributed by atoms with Gasteiger partial charge in [-0.05, 0) is 129 Å². The topological polar surface area (TPSA) is 22.4 Å². The molecule has 68 heavy (non-hydrogen) atoms. The van der Waals surface area contributed by atoms with Crippen molar-refractivity contribution in [3.63, 3.8) is 0 Å². The Bertz CT molecular complexity index is 3610. The number of rotatable bonds is 8. The minimum atomic E-state index is -0.194. The number of furan rings is 1. The van der Waals surface area contributed by atoms with E-state index in [0.717, 1.165) is 48.2 Å². The first-order chi connectivity index (χ1) is 33.1. The van der Waals surface area contributed by atoms with Gasteiger partial charge in [-0.25, -0.2) is 0 Å². The van der Waals surface area contributed by atoms with E-state index in [-0.39, 0.29) is 22.9 Å². The molecule has 2 unspecified atom stereocenters. The average Bonchev–Trinajstić information content (AvgIpc) is 4.06. The van der Waals surface area contributed by atoms with Crippen LogP contribution in [0.25, 0.3) is 72.0 Å². The van der Waals surface area contributed by atoms with E-state index >= 15 is 0 Å². The highest BCUT2D eigenvalue weighted by Crippen LogP contribution is 2.60. The molecule has 2 nitrogen and oxygen atoms in total. The lowest BCUT2D eigenvalue weighted by Gasteiger charge is -2.26. The highest BCUT2D eigenvalue weighted by molar-refractivity contribution is 6.18. The molecule has 332 valence electrons. The predicted molar refractivity (Wildman–Crippen MR) is 283 cm³/mol. The maximum Gasteiger partial charge on any atom is 0.143 e. The summed E-state index contributed by atoms with van der Waals surface area (Å²) in [4.78, 5) is 0. The maximum atomic E-state index is 6.91. The van der Waals surface area contributed by atoms with Crippen LogP contribution in [0, 0.1) is 13.8 Å². The molecule has 2 heterocycles. The maximum absolute atomic E-state index is 6.91. The van der Waals surface area contributed by atoms with Crippen molar-refractivity contribution in [1.29, 1.82) is 0 Å². The molecule has 0 bridgehead atoms. The molecule has 2 atom stereocenters. The molecule has 0 saturated heterocycles. The lowest BCUT2D eigenvalue weighted by atomic mass is 9.78. The van der Waals surface area contributed by atoms with Crippen LogP contribution in [0.2, 0.25) is 0 Å². The lowest BCUT2D eigenvalue weighted by Crippen LogP contribution is -2.16. The zero-order valence-electron chi connectivity index (χ0n) is 40.0. The summed E-state index contributed by atoms with van der Waals surface area (Å²) in [6, 6.07) is 56.9. The monoisotopic (exact) mass is 880 g/mol. The highest BCUT2D eigenvalue weighted by Gasteiger charge is 2.44. The number of hydrogen-bond acceptors (Lipinski definition) is 2. The summed E-state index contributed by atoms with van der Waals surface area (Å²) in [5.74, 6) is 1.30. The number of allylic oxidation sites excluding steroid dienone is 2. The van der Waals surface area contributed by atoms with E-state index in [0.29, 0.717) is 0 Å². The molecule has 4 aliphatic rings. The Morgan fingerprint density at radius 1 is 0.603 bits per heavy atom. The molecule has 3 aliphatic carbocycles. The highest BCUT2D eigenvalue weighted by atomic mass is 16.5. The van der Waals surface area contributed by atoms with Crippen molar-refractivity contribution in [2.45, 2.75) is 90.1 Å². The Labute approximate surface area is 400 Å². The van der Waals surface area contributed by atoms with Gasteiger partial charge in [-0.3, -0.25) is 0 Å². The fourth-order valence-corrected chi connectivity index (χ4v) is 12.8. The number of benzene rings is 8. The van der Waals surface area contributed by atoms with Crippen molar-refractivity contribution in [2.75, 3.05) is 0 Å². The molecule has 0 saturated carbocycles. The normalized spacial score (nSPS) is 17.0. The third-order valence-corrected chi connectivity index (χ3v) is 16.3. The van der Waals surface area contributed by atoms with Crippen LogP contribution in [0.5, 0.6) is 5.75 Å². The molecule has 1 aromatic heterocycles. The van der Waals surface area contributed by atoms with Gasteiger partial charge in [-0.2, -0.15) is 0 Å². The van der Waals surface area contributed by atoms with Gasteiger partial charge in [0.2, 0.25) is 0 Å². The Hall–Kier alpha value is -7.16. The number of para-hydroxylation sites is 1. The molecule has 9 aromatic rings. The van der Waals surface area contributed by atoms with Crippen LogP contribution in [-0.4, -0.2) is 6.10 Å². The van der Waals surface area contributed by atoms with Gasteiger partial charge in [0.25, 0.3) is 0 Å². The number of fused-ring (bicyclic) bond motifs is 14. The van der Waals surface area contributed by atoms with Crippen molar-refractivity contribution in [2.24, 2.45) is 0 Å². The van der Waals surface area contributed by atoms with Gasteiger partial charge in [0.15, 0.2) is 0 Å². The van der Waals surface area contributed by atoms with Gasteiger partial charge >= 0.3 is 0 Å². The molecule has 8 aromatic carbocycles. The number of ether oxygens (including phenoxy) is 1. The van der Waals surface area contributed by atoms with Crippen LogP contribution in [0.1, 0.15) is 109 Å². The first kappa shape index (κ1) is 41.1. The van der Waals surface area contributed by atoms with Gasteiger partial charge in [0.05, 0.1) is 0 Å². The molecular formula is C66H56O2. The van der Waals surface area contributed by atoms with Crippen LogP contribution in [0.4, 0.5) is 0 Å². The first-order valence-electron chi connectivity index (χ1n) is 24.8. The van der Waals surface area contributed by atoms with E-state index in [9.17, 15) is 0 Å². The minimum Gasteiger partial charge on any atom is -0.484 e. The zero-order chi connectivity index (χ0) is 46.1. The molecule has 0 amide bonds. The van der Waals surface area contributed by atoms with Crippen molar-refractivity contribution >= 4 is 27.5 Å². The molecule has 0 N–H and O–H groups in total. The third-order valence-electron chi connectivity index (χ3n) is 16.3. The zero-order valence-corrected chi connectivity index (χ0v) is 40.0. The number of hydrogen-bond donors (Lipinski definition) is 0. The molecule has 0 spiro atoms. The quantitative estimate of drug-likeness (QED) is 0.152. The van der Waals surface area contributed by atoms with E-state index in [4.69, 9.17) is 9.15 Å². The van der Waals surface area contributed by atoms with E-state index < -0.39 is 0 Å². The molecule has 0 fully saturated rings. The third kappa shape index (κ3) is 6.09. The Balaban J connectivity index is 0.864. The van der Waals surface area contributed by atoms with E-state index in [1.54, 1.807) is 0 Å². The minimum absolute atomic E-state index is 0.0525. The smallest absolute Gasteiger partial charge is 0.143 e. The van der Waals surface area contributed by atoms with E-state index in [2.05, 4.69) is 211 Å². The van der Waals surface area contributed by atoms with Crippen molar-refractivity contribution in [3.8, 4) is 50.3 Å². The summed E-state index contributed by atoms with van der Waals surface area (Å²) in [6.45, 7) is 14.2. The van der Waals surface area contributed by atoms with Crippen LogP contribution < -0.4 is 4.74 Å². The average molecular weight is 881 g/mol. The van der Waals surface area contributed by atoms with Gasteiger partial charge in [0, 0.05) is 56.2 Å². The van der Waals surface area contributed by atoms with Crippen LogP contribution in [0.3, 0.4) is 0 Å². The summed E-state index contributed by atoms with van der Waals surface area (Å²) in [5, 5.41) is 2.42. The first-order valence-corrected chi connectivity index (χ1v) is 24.8. The summed E-state index contributed by atoms with van der Waals surface area (Å²) < 4.78 is 13.6. The van der Waals surface area contributed by atoms with Crippen molar-refractivity contribution in [3.05, 3.63) is 226 Å². The summed E-state index contributed by atoms with van der Waals surface area (Å²) in [7, 11) is 0. The second-order valence-electron chi connectivity index (χ2n) is 21.1. The van der Waals surface area contributed by atoms with Crippen LogP contribution in [0.15, 0.2) is 174 Å². The summed E-state index contributed by atoms with van der Waals surface area (Å²) in [6.07, 6.45) is 10.9. The molecular weight excluding hydrogens is 825 g/mol. The molecule has 2 heteroatoms. The molecule has 1 aliphatic heterocycles. The van der Waals surface area contributed by atoms with Gasteiger partial charge in [-0.1, -0.05) is 185 Å². The lowest BCUT2D eigenvalue weighted by molar-refractivity contribution is 0.280. The van der Waals surface area contributed by atoms with Gasteiger partial charge in [0.1, 0.15) is 23.0 Å². The SMILES string of the molecule is Cc1ccc(C(CCCc2ccc3c(c2)C(C)(C)c2cc(-c4ccccc4)c4oc5ccccc5c4c2-3)c2ccc3c(c2)C(C)(C)c2cc(-c4ccccc4)c4c(c2-3)C2=CC=CCC2O4)c(C)c1. The number of aryl methyl sites for hydroxylation is 3. The van der Waals surface area contributed by atoms with Crippen LogP contribution >= 0.6 is 0 Å². The Morgan fingerprint density at radius 2 is 1.28 bits per heavy atom. The molecule has 0 radical (unpaired) electrons. The van der Waals surface area contributed by atoms with E-state index in [1.807, 2.05) is 0 Å². The summed E-state index contributed by atoms with van der Waals surface area (Å²) in [5.41, 5.74) is 26.8. The Morgan fingerprint density at radius 3 is 2.06 bits per heavy atom. The Kier molecular flexibility index (Phi) is 9.16. The van der Waals surface area contributed by atoms with Gasteiger partial charge in [-0.15, -0.1) is 0 Å². The van der Waals surface area contributed by atoms with Crippen molar-refractivity contribution in [1.82, 2.24) is 0 Å². The standard InChI is InChI=1S/C66H56O2/c1-39-28-31-45(40(2)34-39)46(44-30-33-48-54(36-44)66(5,6)56-38-52(43-21-11-8-12-22-43)64-62(60(48)56)50-24-14-16-27-58(50)68-64)25-17-18-41-29-32-47-53(35-41)65(3,4)55-37-51(42-19-9-7-10-20-42)63-61(59(47)55)49-23-13-15-26-57(49)67-63/h7-16,19-24,26,28-38,46,58H,17-18,25,27H2,1-6H3. The fourth-order valence-electron chi connectivity index (χ4n) is 12.8. The second kappa shape index (κ2) is 15.2. The summed E-state index contributed by atoms with van der Waals surface area (Å²) >= 11 is 0. The molecule has 13 rings (SSSR count). The van der Waals surface area contributed by atoms with Crippen molar-refractivity contribution < 1.29 is 9.15 Å². The largest absolute Gasteiger partial charge is 0.484 e. The second-order valence-corrected chi connectivity index (χ2v) is 21.1.